The molecule has 1 aliphatic heterocycles. The van der Waals surface area contributed by atoms with E-state index in [9.17, 15) is 23.2 Å². The van der Waals surface area contributed by atoms with Crippen LogP contribution in [0.4, 0.5) is 13.2 Å². The van der Waals surface area contributed by atoms with E-state index in [1.54, 1.807) is 25.8 Å². The molecule has 1 aliphatic rings. The molecule has 0 aromatic heterocycles. The third-order valence-corrected chi connectivity index (χ3v) is 5.04. The minimum absolute atomic E-state index is 0.0371. The van der Waals surface area contributed by atoms with E-state index < -0.39 is 23.6 Å². The van der Waals surface area contributed by atoms with Crippen LogP contribution in [0.2, 0.25) is 0 Å². The number of hydrogen-bond donors (Lipinski definition) is 0. The smallest absolute Gasteiger partial charge is 0.416 e. The van der Waals surface area contributed by atoms with Crippen molar-refractivity contribution in [2.45, 2.75) is 25.9 Å². The predicted octanol–water partition coefficient (Wildman–Crippen LogP) is 4.74. The van der Waals surface area contributed by atoms with Crippen molar-refractivity contribution in [1.29, 1.82) is 5.26 Å². The Balaban J connectivity index is 2.86. The second-order valence-corrected chi connectivity index (χ2v) is 6.46. The first-order valence-corrected chi connectivity index (χ1v) is 9.27. The number of allylic oxidation sites excluding steroid dienone is 3. The van der Waals surface area contributed by atoms with Crippen molar-refractivity contribution < 1.29 is 22.7 Å². The molecule has 1 atom stereocenters. The summed E-state index contributed by atoms with van der Waals surface area (Å²) in [6.45, 7) is 3.33. The lowest BCUT2D eigenvalue weighted by Crippen LogP contribution is -2.32. The molecule has 0 N–H and O–H groups in total. The summed E-state index contributed by atoms with van der Waals surface area (Å²) in [5.41, 5.74) is 0.0530. The third kappa shape index (κ3) is 3.88. The molecule has 27 heavy (non-hydrogen) atoms. The van der Waals surface area contributed by atoms with Crippen LogP contribution in [0, 0.1) is 11.3 Å². The number of ether oxygens (including phenoxy) is 1. The zero-order valence-electron chi connectivity index (χ0n) is 15.0. The van der Waals surface area contributed by atoms with Gasteiger partial charge in [-0.2, -0.15) is 18.4 Å². The summed E-state index contributed by atoms with van der Waals surface area (Å²) in [6.07, 6.45) is -4.62. The van der Waals surface area contributed by atoms with Crippen LogP contribution >= 0.6 is 15.9 Å². The highest BCUT2D eigenvalue weighted by Crippen LogP contribution is 2.45. The van der Waals surface area contributed by atoms with Gasteiger partial charge in [-0.3, -0.25) is 0 Å². The largest absolute Gasteiger partial charge is 0.463 e. The molecule has 0 spiro atoms. The number of halogens is 4. The lowest BCUT2D eigenvalue weighted by molar-refractivity contribution is -0.140. The third-order valence-electron chi connectivity index (χ3n) is 4.51. The Labute approximate surface area is 164 Å². The number of carbonyl (C=O) groups excluding carboxylic acids is 1. The van der Waals surface area contributed by atoms with E-state index in [1.165, 1.54) is 18.2 Å². The molecule has 1 unspecified atom stereocenters. The Morgan fingerprint density at radius 2 is 2.00 bits per heavy atom. The number of carbonyl (C=O) groups is 1. The highest BCUT2D eigenvalue weighted by atomic mass is 79.9. The fourth-order valence-corrected chi connectivity index (χ4v) is 3.83. The Morgan fingerprint density at radius 1 is 1.37 bits per heavy atom. The number of nitrogens with zero attached hydrogens (tertiary/aromatic N) is 2. The van der Waals surface area contributed by atoms with Crippen LogP contribution < -0.4 is 0 Å². The lowest BCUT2D eigenvalue weighted by atomic mass is 9.78. The van der Waals surface area contributed by atoms with E-state index in [0.29, 0.717) is 11.4 Å². The molecule has 0 saturated heterocycles. The van der Waals surface area contributed by atoms with Gasteiger partial charge in [0.15, 0.2) is 0 Å². The van der Waals surface area contributed by atoms with E-state index in [1.807, 2.05) is 6.07 Å². The molecule has 0 radical (unpaired) electrons. The SMILES string of the molecule is CCOC(=O)C1=C(CBr)N(C)C(C)=C(C#N)C1c1ccccc1C(F)(F)F. The maximum Gasteiger partial charge on any atom is 0.416 e. The van der Waals surface area contributed by atoms with Gasteiger partial charge in [0.25, 0.3) is 0 Å². The van der Waals surface area contributed by atoms with Crippen molar-refractivity contribution in [1.82, 2.24) is 4.90 Å². The average Bonchev–Trinajstić information content (AvgIpc) is 2.62. The molecule has 0 bridgehead atoms. The Morgan fingerprint density at radius 3 is 2.52 bits per heavy atom. The molecular weight excluding hydrogens is 425 g/mol. The fraction of sp³-hybridized carbons (Fsp3) is 0.368. The lowest BCUT2D eigenvalue weighted by Gasteiger charge is -2.35. The second-order valence-electron chi connectivity index (χ2n) is 5.90. The molecule has 0 amide bonds. The summed E-state index contributed by atoms with van der Waals surface area (Å²) < 4.78 is 45.9. The van der Waals surface area contributed by atoms with E-state index in [-0.39, 0.29) is 28.6 Å². The molecule has 4 nitrogen and oxygen atoms in total. The molecule has 1 aromatic carbocycles. The van der Waals surface area contributed by atoms with Crippen LogP contribution in [0.3, 0.4) is 0 Å². The van der Waals surface area contributed by atoms with Crippen molar-refractivity contribution in [2.24, 2.45) is 0 Å². The fourth-order valence-electron chi connectivity index (χ4n) is 3.15. The molecule has 1 heterocycles. The quantitative estimate of drug-likeness (QED) is 0.498. The summed E-state index contributed by atoms with van der Waals surface area (Å²) in [7, 11) is 1.66. The first kappa shape index (κ1) is 21.0. The standard InChI is InChI=1S/C19H18BrF3N2O2/c1-4-27-18(26)17-15(9-20)25(3)11(2)13(10-24)16(17)12-7-5-6-8-14(12)19(21,22)23/h5-8,16H,4,9H2,1-3H3. The molecule has 0 saturated carbocycles. The summed E-state index contributed by atoms with van der Waals surface area (Å²) in [4.78, 5) is 14.3. The van der Waals surface area contributed by atoms with Gasteiger partial charge in [0.1, 0.15) is 0 Å². The summed E-state index contributed by atoms with van der Waals surface area (Å²) >= 11 is 3.30. The maximum absolute atomic E-state index is 13.6. The normalized spacial score (nSPS) is 17.9. The van der Waals surface area contributed by atoms with Crippen molar-refractivity contribution >= 4 is 21.9 Å². The van der Waals surface area contributed by atoms with E-state index >= 15 is 0 Å². The Bertz CT molecular complexity index is 853. The van der Waals surface area contributed by atoms with Gasteiger partial charge in [-0.1, -0.05) is 34.1 Å². The number of hydrogen-bond acceptors (Lipinski definition) is 4. The minimum atomic E-state index is -4.62. The van der Waals surface area contributed by atoms with Crippen LogP contribution in [-0.4, -0.2) is 29.9 Å². The zero-order chi connectivity index (χ0) is 20.4. The Hall–Kier alpha value is -2.27. The molecule has 1 aromatic rings. The first-order chi connectivity index (χ1) is 12.7. The van der Waals surface area contributed by atoms with Gasteiger partial charge >= 0.3 is 12.1 Å². The number of nitriles is 1. The van der Waals surface area contributed by atoms with Crippen LogP contribution in [0.5, 0.6) is 0 Å². The van der Waals surface area contributed by atoms with E-state index in [2.05, 4.69) is 15.9 Å². The predicted molar refractivity (Wildman–Crippen MR) is 97.7 cm³/mol. The molecule has 8 heteroatoms. The van der Waals surface area contributed by atoms with Crippen molar-refractivity contribution in [3.63, 3.8) is 0 Å². The summed E-state index contributed by atoms with van der Waals surface area (Å²) in [5, 5.41) is 9.91. The van der Waals surface area contributed by atoms with Crippen LogP contribution in [0.1, 0.15) is 30.9 Å². The van der Waals surface area contributed by atoms with Gasteiger partial charge in [-0.15, -0.1) is 0 Å². The number of alkyl halides is 4. The number of benzene rings is 1. The second kappa shape index (κ2) is 8.17. The van der Waals surface area contributed by atoms with Gasteiger partial charge in [0.2, 0.25) is 0 Å². The van der Waals surface area contributed by atoms with Crippen LogP contribution in [0.25, 0.3) is 0 Å². The van der Waals surface area contributed by atoms with Crippen LogP contribution in [-0.2, 0) is 15.7 Å². The highest BCUT2D eigenvalue weighted by Gasteiger charge is 2.42. The minimum Gasteiger partial charge on any atom is -0.463 e. The number of esters is 1. The molecular formula is C19H18BrF3N2O2. The summed E-state index contributed by atoms with van der Waals surface area (Å²) in [5.74, 6) is -1.89. The summed E-state index contributed by atoms with van der Waals surface area (Å²) in [6, 6.07) is 6.99. The van der Waals surface area contributed by atoms with Gasteiger partial charge in [0, 0.05) is 23.8 Å². The van der Waals surface area contributed by atoms with Gasteiger partial charge < -0.3 is 9.64 Å². The van der Waals surface area contributed by atoms with E-state index in [0.717, 1.165) is 6.07 Å². The zero-order valence-corrected chi connectivity index (χ0v) is 16.6. The van der Waals surface area contributed by atoms with Crippen LogP contribution in [0.15, 0.2) is 46.8 Å². The molecule has 144 valence electrons. The van der Waals surface area contributed by atoms with Gasteiger partial charge in [-0.25, -0.2) is 4.79 Å². The topological polar surface area (TPSA) is 53.3 Å². The average molecular weight is 443 g/mol. The van der Waals surface area contributed by atoms with Gasteiger partial charge in [-0.05, 0) is 25.5 Å². The van der Waals surface area contributed by atoms with Crippen molar-refractivity contribution in [3.8, 4) is 6.07 Å². The number of rotatable bonds is 4. The first-order valence-electron chi connectivity index (χ1n) is 8.15. The monoisotopic (exact) mass is 442 g/mol. The van der Waals surface area contributed by atoms with Crippen molar-refractivity contribution in [3.05, 3.63) is 57.9 Å². The highest BCUT2D eigenvalue weighted by molar-refractivity contribution is 9.09. The molecule has 2 rings (SSSR count). The van der Waals surface area contributed by atoms with E-state index in [4.69, 9.17) is 4.74 Å². The molecule has 0 aliphatic carbocycles. The van der Waals surface area contributed by atoms with Crippen molar-refractivity contribution in [2.75, 3.05) is 19.0 Å². The Kier molecular flexibility index (Phi) is 6.37. The maximum atomic E-state index is 13.6. The molecule has 0 fully saturated rings. The van der Waals surface area contributed by atoms with Gasteiger partial charge in [0.05, 0.1) is 35.3 Å².